The molecule has 0 spiro atoms. The molecule has 0 amide bonds. The van der Waals surface area contributed by atoms with Gasteiger partial charge in [-0.05, 0) is 36.2 Å². The third kappa shape index (κ3) is 3.65. The van der Waals surface area contributed by atoms with Crippen molar-refractivity contribution in [2.24, 2.45) is 0 Å². The van der Waals surface area contributed by atoms with Crippen molar-refractivity contribution in [3.05, 3.63) is 52.4 Å². The van der Waals surface area contributed by atoms with Crippen LogP contribution in [0.3, 0.4) is 0 Å². The number of aromatic amines is 1. The number of aromatic nitrogens is 2. The maximum absolute atomic E-state index is 11.3. The predicted molar refractivity (Wildman–Crippen MR) is 98.5 cm³/mol. The third-order valence-electron chi connectivity index (χ3n) is 3.92. The maximum atomic E-state index is 11.3. The number of anilines is 2. The molecule has 0 aliphatic heterocycles. The number of fused-ring (bicyclic) bond motifs is 1. The van der Waals surface area contributed by atoms with Gasteiger partial charge >= 0.3 is 0 Å². The van der Waals surface area contributed by atoms with Crippen LogP contribution in [0.15, 0.2) is 41.3 Å². The van der Waals surface area contributed by atoms with Crippen molar-refractivity contribution in [3.63, 3.8) is 0 Å². The average molecular weight is 340 g/mol. The van der Waals surface area contributed by atoms with Gasteiger partial charge in [0.05, 0.1) is 42.8 Å². The molecule has 0 unspecified atom stereocenters. The Morgan fingerprint density at radius 3 is 2.72 bits per heavy atom. The highest BCUT2D eigenvalue weighted by atomic mass is 16.5. The molecule has 130 valence electrons. The summed E-state index contributed by atoms with van der Waals surface area (Å²) in [5, 5.41) is 3.31. The van der Waals surface area contributed by atoms with E-state index in [-0.39, 0.29) is 5.56 Å². The van der Waals surface area contributed by atoms with Crippen molar-refractivity contribution in [2.45, 2.75) is 6.42 Å². The summed E-state index contributed by atoms with van der Waals surface area (Å²) in [5.74, 6) is 1.41. The maximum Gasteiger partial charge on any atom is 0.266 e. The van der Waals surface area contributed by atoms with Crippen LogP contribution in [0.2, 0.25) is 0 Å². The van der Waals surface area contributed by atoms with Gasteiger partial charge < -0.3 is 25.5 Å². The molecule has 0 fully saturated rings. The van der Waals surface area contributed by atoms with Crippen molar-refractivity contribution in [2.75, 3.05) is 31.8 Å². The van der Waals surface area contributed by atoms with Gasteiger partial charge in [-0.1, -0.05) is 6.07 Å². The quantitative estimate of drug-likeness (QED) is 0.594. The van der Waals surface area contributed by atoms with Gasteiger partial charge in [-0.15, -0.1) is 0 Å². The number of nitrogens with one attached hydrogen (secondary N) is 2. The van der Waals surface area contributed by atoms with Gasteiger partial charge in [-0.3, -0.25) is 4.79 Å². The largest absolute Gasteiger partial charge is 0.493 e. The van der Waals surface area contributed by atoms with E-state index < -0.39 is 0 Å². The summed E-state index contributed by atoms with van der Waals surface area (Å²) >= 11 is 0. The van der Waals surface area contributed by atoms with Crippen LogP contribution < -0.4 is 26.1 Å². The zero-order valence-electron chi connectivity index (χ0n) is 14.1. The van der Waals surface area contributed by atoms with Crippen molar-refractivity contribution in [3.8, 4) is 11.5 Å². The van der Waals surface area contributed by atoms with Crippen LogP contribution in [0.4, 0.5) is 11.4 Å². The lowest BCUT2D eigenvalue weighted by Crippen LogP contribution is -2.09. The smallest absolute Gasteiger partial charge is 0.266 e. The van der Waals surface area contributed by atoms with Crippen LogP contribution >= 0.6 is 0 Å². The first-order chi connectivity index (χ1) is 12.1. The third-order valence-corrected chi connectivity index (χ3v) is 3.92. The molecule has 7 nitrogen and oxygen atoms in total. The van der Waals surface area contributed by atoms with E-state index in [1.807, 2.05) is 24.3 Å². The SMILES string of the molecule is COc1ccc(CCNc2cc3ncc(=O)[nH]c3cc2N)cc1OC. The van der Waals surface area contributed by atoms with Gasteiger partial charge in [0, 0.05) is 6.54 Å². The molecule has 0 saturated carbocycles. The summed E-state index contributed by atoms with van der Waals surface area (Å²) in [6, 6.07) is 9.38. The van der Waals surface area contributed by atoms with Gasteiger partial charge in [0.15, 0.2) is 11.5 Å². The normalized spacial score (nSPS) is 10.6. The summed E-state index contributed by atoms with van der Waals surface area (Å²) < 4.78 is 10.6. The minimum absolute atomic E-state index is 0.249. The van der Waals surface area contributed by atoms with Crippen LogP contribution in [0.25, 0.3) is 11.0 Å². The highest BCUT2D eigenvalue weighted by molar-refractivity contribution is 5.86. The minimum atomic E-state index is -0.249. The van der Waals surface area contributed by atoms with E-state index >= 15 is 0 Å². The van der Waals surface area contributed by atoms with E-state index in [2.05, 4.69) is 15.3 Å². The van der Waals surface area contributed by atoms with Gasteiger partial charge in [0.25, 0.3) is 5.56 Å². The Bertz CT molecular complexity index is 953. The second-order valence-corrected chi connectivity index (χ2v) is 5.57. The van der Waals surface area contributed by atoms with Crippen LogP contribution in [0, 0.1) is 0 Å². The van der Waals surface area contributed by atoms with E-state index in [9.17, 15) is 4.79 Å². The zero-order valence-corrected chi connectivity index (χ0v) is 14.1. The molecule has 2 aromatic carbocycles. The van der Waals surface area contributed by atoms with E-state index in [0.29, 0.717) is 34.8 Å². The van der Waals surface area contributed by atoms with Gasteiger partial charge in [-0.2, -0.15) is 0 Å². The lowest BCUT2D eigenvalue weighted by atomic mass is 10.1. The number of ether oxygens (including phenoxy) is 2. The Kier molecular flexibility index (Phi) is 4.74. The van der Waals surface area contributed by atoms with E-state index in [0.717, 1.165) is 17.7 Å². The molecule has 0 radical (unpaired) electrons. The number of rotatable bonds is 6. The highest BCUT2D eigenvalue weighted by Crippen LogP contribution is 2.28. The standard InChI is InChI=1S/C18H20N4O3/c1-24-16-4-3-11(7-17(16)25-2)5-6-20-13-9-14-15(8-12(13)19)22-18(23)10-21-14/h3-4,7-10,20H,5-6,19H2,1-2H3,(H,22,23). The van der Waals surface area contributed by atoms with Crippen LogP contribution in [-0.4, -0.2) is 30.7 Å². The lowest BCUT2D eigenvalue weighted by Gasteiger charge is -2.12. The van der Waals surface area contributed by atoms with E-state index in [1.54, 1.807) is 20.3 Å². The van der Waals surface area contributed by atoms with Gasteiger partial charge in [0.1, 0.15) is 0 Å². The van der Waals surface area contributed by atoms with Crippen molar-refractivity contribution in [1.82, 2.24) is 9.97 Å². The fourth-order valence-electron chi connectivity index (χ4n) is 2.64. The molecule has 0 aliphatic rings. The molecule has 0 bridgehead atoms. The Labute approximate surface area is 144 Å². The number of hydrogen-bond acceptors (Lipinski definition) is 6. The Morgan fingerprint density at radius 2 is 1.96 bits per heavy atom. The van der Waals surface area contributed by atoms with E-state index in [4.69, 9.17) is 15.2 Å². The van der Waals surface area contributed by atoms with Crippen LogP contribution in [0.5, 0.6) is 11.5 Å². The monoisotopic (exact) mass is 340 g/mol. The summed E-state index contributed by atoms with van der Waals surface area (Å²) in [5.41, 5.74) is 9.57. The fraction of sp³-hybridized carbons (Fsp3) is 0.222. The molecule has 3 rings (SSSR count). The second-order valence-electron chi connectivity index (χ2n) is 5.57. The van der Waals surface area contributed by atoms with Crippen LogP contribution in [0.1, 0.15) is 5.56 Å². The summed E-state index contributed by atoms with van der Waals surface area (Å²) in [6.07, 6.45) is 2.04. The first-order valence-electron chi connectivity index (χ1n) is 7.84. The summed E-state index contributed by atoms with van der Waals surface area (Å²) in [4.78, 5) is 18.1. The number of nitrogen functional groups attached to an aromatic ring is 1. The molecule has 0 atom stereocenters. The minimum Gasteiger partial charge on any atom is -0.493 e. The van der Waals surface area contributed by atoms with Gasteiger partial charge in [-0.25, -0.2) is 4.98 Å². The molecule has 0 aliphatic carbocycles. The lowest BCUT2D eigenvalue weighted by molar-refractivity contribution is 0.354. The van der Waals surface area contributed by atoms with Crippen LogP contribution in [-0.2, 0) is 6.42 Å². The predicted octanol–water partition coefficient (Wildman–Crippen LogP) is 2.18. The molecular weight excluding hydrogens is 320 g/mol. The van der Waals surface area contributed by atoms with Gasteiger partial charge in [0.2, 0.25) is 0 Å². The molecule has 1 heterocycles. The highest BCUT2D eigenvalue weighted by Gasteiger charge is 2.06. The molecule has 0 saturated heterocycles. The van der Waals surface area contributed by atoms with Crippen molar-refractivity contribution >= 4 is 22.4 Å². The number of nitrogens with two attached hydrogens (primary N) is 1. The number of H-pyrrole nitrogens is 1. The number of hydrogen-bond donors (Lipinski definition) is 3. The van der Waals surface area contributed by atoms with Crippen molar-refractivity contribution in [1.29, 1.82) is 0 Å². The molecular formula is C18H20N4O3. The Morgan fingerprint density at radius 1 is 1.16 bits per heavy atom. The average Bonchev–Trinajstić information content (AvgIpc) is 2.62. The molecule has 25 heavy (non-hydrogen) atoms. The van der Waals surface area contributed by atoms with E-state index in [1.165, 1.54) is 6.20 Å². The second kappa shape index (κ2) is 7.12. The Balaban J connectivity index is 1.71. The summed E-state index contributed by atoms with van der Waals surface area (Å²) in [6.45, 7) is 0.689. The molecule has 4 N–H and O–H groups in total. The molecule has 7 heteroatoms. The summed E-state index contributed by atoms with van der Waals surface area (Å²) in [7, 11) is 3.23. The first-order valence-corrected chi connectivity index (χ1v) is 7.84. The topological polar surface area (TPSA) is 102 Å². The number of methoxy groups -OCH3 is 2. The zero-order chi connectivity index (χ0) is 17.8. The number of benzene rings is 2. The molecule has 1 aromatic heterocycles. The molecule has 3 aromatic rings. The van der Waals surface area contributed by atoms with Crippen molar-refractivity contribution < 1.29 is 9.47 Å². The Hall–Kier alpha value is -3.22. The fourth-order valence-corrected chi connectivity index (χ4v) is 2.64. The number of nitrogens with zero attached hydrogens (tertiary/aromatic N) is 1. The first kappa shape index (κ1) is 16.6.